The number of ether oxygens (including phenoxy) is 2. The molecule has 1 rings (SSSR count). The van der Waals surface area contributed by atoms with Crippen molar-refractivity contribution in [3.05, 3.63) is 36.4 Å². The SMILES string of the molecule is C=Cc1ccccc1O[Si]CC(OC)OC. The zero-order valence-corrected chi connectivity index (χ0v) is 10.6. The van der Waals surface area contributed by atoms with E-state index >= 15 is 0 Å². The maximum atomic E-state index is 5.66. The van der Waals surface area contributed by atoms with Crippen molar-refractivity contribution in [3.8, 4) is 5.75 Å². The van der Waals surface area contributed by atoms with E-state index in [0.29, 0.717) is 9.76 Å². The number of benzene rings is 1. The highest BCUT2D eigenvalue weighted by Gasteiger charge is 2.08. The largest absolute Gasteiger partial charge is 0.540 e. The van der Waals surface area contributed by atoms with Crippen molar-refractivity contribution < 1.29 is 13.9 Å². The average molecular weight is 236 g/mol. The van der Waals surface area contributed by atoms with Crippen LogP contribution in [0.2, 0.25) is 6.04 Å². The van der Waals surface area contributed by atoms with Crippen molar-refractivity contribution in [2.45, 2.75) is 12.3 Å². The summed E-state index contributed by atoms with van der Waals surface area (Å²) in [5, 5.41) is 0. The van der Waals surface area contributed by atoms with E-state index in [1.165, 1.54) is 0 Å². The van der Waals surface area contributed by atoms with Crippen LogP contribution < -0.4 is 4.43 Å². The molecule has 1 aromatic rings. The maximum Gasteiger partial charge on any atom is 0.316 e. The molecule has 3 nitrogen and oxygen atoms in total. The first kappa shape index (κ1) is 13.0. The van der Waals surface area contributed by atoms with Crippen molar-refractivity contribution in [2.24, 2.45) is 0 Å². The topological polar surface area (TPSA) is 27.7 Å². The second kappa shape index (κ2) is 7.22. The molecule has 0 saturated carbocycles. The third-order valence-electron chi connectivity index (χ3n) is 2.10. The van der Waals surface area contributed by atoms with Crippen LogP contribution in [0.4, 0.5) is 0 Å². The standard InChI is InChI=1S/C12H16O3Si/c1-4-10-7-5-6-8-11(10)15-16-9-12(13-2)14-3/h4-8,12H,1,9H2,2-3H3. The fraction of sp³-hybridized carbons (Fsp3) is 0.333. The first-order chi connectivity index (χ1) is 7.81. The monoisotopic (exact) mass is 236 g/mol. The minimum Gasteiger partial charge on any atom is -0.540 e. The number of rotatable bonds is 7. The zero-order chi connectivity index (χ0) is 11.8. The number of hydrogen-bond acceptors (Lipinski definition) is 3. The highest BCUT2D eigenvalue weighted by Crippen LogP contribution is 2.18. The van der Waals surface area contributed by atoms with E-state index in [9.17, 15) is 0 Å². The molecule has 0 saturated heterocycles. The Balaban J connectivity index is 2.45. The Morgan fingerprint density at radius 3 is 2.62 bits per heavy atom. The quantitative estimate of drug-likeness (QED) is 0.537. The first-order valence-corrected chi connectivity index (χ1v) is 6.10. The van der Waals surface area contributed by atoms with Crippen LogP contribution in [0.15, 0.2) is 30.8 Å². The molecule has 0 aliphatic carbocycles. The van der Waals surface area contributed by atoms with E-state index in [0.717, 1.165) is 17.4 Å². The summed E-state index contributed by atoms with van der Waals surface area (Å²) in [5.74, 6) is 0.849. The van der Waals surface area contributed by atoms with Crippen LogP contribution in [0.5, 0.6) is 5.75 Å². The molecule has 0 spiro atoms. The van der Waals surface area contributed by atoms with Crippen LogP contribution in [0.3, 0.4) is 0 Å². The third-order valence-corrected chi connectivity index (χ3v) is 2.96. The Morgan fingerprint density at radius 1 is 1.31 bits per heavy atom. The minimum absolute atomic E-state index is 0.200. The molecule has 0 aromatic heterocycles. The fourth-order valence-electron chi connectivity index (χ4n) is 1.19. The predicted molar refractivity (Wildman–Crippen MR) is 65.5 cm³/mol. The van der Waals surface area contributed by atoms with Gasteiger partial charge in [-0.15, -0.1) is 0 Å². The third kappa shape index (κ3) is 3.81. The van der Waals surface area contributed by atoms with Gasteiger partial charge in [0.2, 0.25) is 0 Å². The van der Waals surface area contributed by atoms with Gasteiger partial charge in [0.25, 0.3) is 0 Å². The van der Waals surface area contributed by atoms with E-state index in [4.69, 9.17) is 13.9 Å². The normalized spacial score (nSPS) is 10.4. The van der Waals surface area contributed by atoms with Gasteiger partial charge in [-0.05, 0) is 6.07 Å². The molecular weight excluding hydrogens is 220 g/mol. The molecule has 4 heteroatoms. The van der Waals surface area contributed by atoms with Gasteiger partial charge >= 0.3 is 9.76 Å². The lowest BCUT2D eigenvalue weighted by atomic mass is 10.2. The van der Waals surface area contributed by atoms with Crippen LogP contribution in [0.1, 0.15) is 5.56 Å². The highest BCUT2D eigenvalue weighted by atomic mass is 28.2. The van der Waals surface area contributed by atoms with Crippen molar-refractivity contribution in [1.29, 1.82) is 0 Å². The lowest BCUT2D eigenvalue weighted by molar-refractivity contribution is -0.0883. The molecule has 0 bridgehead atoms. The Bertz CT molecular complexity index is 324. The van der Waals surface area contributed by atoms with Gasteiger partial charge in [-0.3, -0.25) is 0 Å². The Hall–Kier alpha value is -1.10. The summed E-state index contributed by atoms with van der Waals surface area (Å²) in [4.78, 5) is 0. The number of para-hydroxylation sites is 1. The average Bonchev–Trinajstić information content (AvgIpc) is 2.35. The van der Waals surface area contributed by atoms with E-state index < -0.39 is 0 Å². The van der Waals surface area contributed by atoms with Crippen molar-refractivity contribution in [3.63, 3.8) is 0 Å². The van der Waals surface area contributed by atoms with Gasteiger partial charge < -0.3 is 13.9 Å². The van der Waals surface area contributed by atoms with Crippen LogP contribution in [0, 0.1) is 0 Å². The van der Waals surface area contributed by atoms with Gasteiger partial charge in [0, 0.05) is 25.8 Å². The summed E-state index contributed by atoms with van der Waals surface area (Å²) in [6.45, 7) is 3.74. The summed E-state index contributed by atoms with van der Waals surface area (Å²) in [6.07, 6.45) is 1.58. The van der Waals surface area contributed by atoms with E-state index in [2.05, 4.69) is 6.58 Å². The Morgan fingerprint density at radius 2 is 2.00 bits per heavy atom. The zero-order valence-electron chi connectivity index (χ0n) is 9.60. The smallest absolute Gasteiger partial charge is 0.316 e. The highest BCUT2D eigenvalue weighted by molar-refractivity contribution is 6.28. The molecule has 0 N–H and O–H groups in total. The lowest BCUT2D eigenvalue weighted by Gasteiger charge is -2.13. The Kier molecular flexibility index (Phi) is 5.85. The van der Waals surface area contributed by atoms with Gasteiger partial charge in [-0.1, -0.05) is 30.9 Å². The number of methoxy groups -OCH3 is 2. The first-order valence-electron chi connectivity index (χ1n) is 4.98. The van der Waals surface area contributed by atoms with E-state index in [1.807, 2.05) is 24.3 Å². The molecule has 0 unspecified atom stereocenters. The van der Waals surface area contributed by atoms with Crippen molar-refractivity contribution in [2.75, 3.05) is 14.2 Å². The van der Waals surface area contributed by atoms with Gasteiger partial charge in [-0.25, -0.2) is 0 Å². The summed E-state index contributed by atoms with van der Waals surface area (Å²) < 4.78 is 15.8. The summed E-state index contributed by atoms with van der Waals surface area (Å²) in [6, 6.07) is 8.52. The number of hydrogen-bond donors (Lipinski definition) is 0. The minimum atomic E-state index is -0.200. The summed E-state index contributed by atoms with van der Waals surface area (Å²) in [7, 11) is 3.55. The summed E-state index contributed by atoms with van der Waals surface area (Å²) in [5.41, 5.74) is 1.00. The molecular formula is C12H16O3Si. The Labute approximate surface area is 99.0 Å². The second-order valence-electron chi connectivity index (χ2n) is 3.09. The molecule has 0 aliphatic heterocycles. The van der Waals surface area contributed by atoms with E-state index in [1.54, 1.807) is 20.3 Å². The molecule has 1 aromatic carbocycles. The lowest BCUT2D eigenvalue weighted by Crippen LogP contribution is -2.18. The maximum absolute atomic E-state index is 5.66. The molecule has 0 atom stereocenters. The summed E-state index contributed by atoms with van der Waals surface area (Å²) >= 11 is 0. The van der Waals surface area contributed by atoms with Crippen molar-refractivity contribution >= 4 is 15.8 Å². The van der Waals surface area contributed by atoms with Crippen molar-refractivity contribution in [1.82, 2.24) is 0 Å². The molecule has 0 heterocycles. The van der Waals surface area contributed by atoms with Gasteiger partial charge in [-0.2, -0.15) is 0 Å². The van der Waals surface area contributed by atoms with Gasteiger partial charge in [0.15, 0.2) is 6.29 Å². The molecule has 0 aliphatic rings. The van der Waals surface area contributed by atoms with Gasteiger partial charge in [0.1, 0.15) is 5.75 Å². The molecule has 0 fully saturated rings. The molecule has 86 valence electrons. The van der Waals surface area contributed by atoms with Crippen LogP contribution in [-0.4, -0.2) is 30.3 Å². The van der Waals surface area contributed by atoms with Crippen LogP contribution >= 0.6 is 0 Å². The molecule has 2 radical (unpaired) electrons. The molecule has 0 amide bonds. The van der Waals surface area contributed by atoms with E-state index in [-0.39, 0.29) is 6.29 Å². The second-order valence-corrected chi connectivity index (χ2v) is 3.99. The van der Waals surface area contributed by atoms with Crippen LogP contribution in [0.25, 0.3) is 6.08 Å². The predicted octanol–water partition coefficient (Wildman–Crippen LogP) is 2.36. The fourth-order valence-corrected chi connectivity index (χ4v) is 2.09. The van der Waals surface area contributed by atoms with Crippen LogP contribution in [-0.2, 0) is 9.47 Å². The van der Waals surface area contributed by atoms with Gasteiger partial charge in [0.05, 0.1) is 0 Å². The molecule has 16 heavy (non-hydrogen) atoms.